The van der Waals surface area contributed by atoms with E-state index in [1.165, 1.54) is 6.42 Å². The molecule has 2 atom stereocenters. The molecule has 1 aromatic heterocycles. The standard InChI is InChI=1S/C18H25N3O/c1-12-8-13(10-18(2,3)9-12)20-17(22)21-16-11-19-15-7-5-4-6-14(15)16/h4-7,11-13,19H,8-10H2,1-3H3,(H2,20,21,22)/t12-,13-/m1/s1. The Morgan fingerprint density at radius 3 is 2.82 bits per heavy atom. The first kappa shape index (κ1) is 14.9. The first-order valence-electron chi connectivity index (χ1n) is 8.06. The molecule has 3 N–H and O–H groups in total. The summed E-state index contributed by atoms with van der Waals surface area (Å²) >= 11 is 0. The number of carbonyl (C=O) groups is 1. The molecular weight excluding hydrogens is 274 g/mol. The highest BCUT2D eigenvalue weighted by Crippen LogP contribution is 2.38. The molecule has 0 unspecified atom stereocenters. The monoisotopic (exact) mass is 299 g/mol. The summed E-state index contributed by atoms with van der Waals surface area (Å²) in [7, 11) is 0. The van der Waals surface area contributed by atoms with Crippen LogP contribution in [0.25, 0.3) is 10.9 Å². The van der Waals surface area contributed by atoms with Crippen molar-refractivity contribution in [1.29, 1.82) is 0 Å². The number of anilines is 1. The van der Waals surface area contributed by atoms with Crippen LogP contribution in [0.5, 0.6) is 0 Å². The van der Waals surface area contributed by atoms with Gasteiger partial charge in [0.15, 0.2) is 0 Å². The molecule has 1 heterocycles. The fourth-order valence-electron chi connectivity index (χ4n) is 3.97. The van der Waals surface area contributed by atoms with Gasteiger partial charge >= 0.3 is 6.03 Å². The number of rotatable bonds is 2. The lowest BCUT2D eigenvalue weighted by molar-refractivity contribution is 0.154. The fourth-order valence-corrected chi connectivity index (χ4v) is 3.97. The van der Waals surface area contributed by atoms with Crippen LogP contribution in [0.4, 0.5) is 10.5 Å². The summed E-state index contributed by atoms with van der Waals surface area (Å²) in [5.74, 6) is 0.655. The maximum atomic E-state index is 12.3. The molecular formula is C18H25N3O. The van der Waals surface area contributed by atoms with Crippen molar-refractivity contribution in [3.05, 3.63) is 30.5 Å². The van der Waals surface area contributed by atoms with Gasteiger partial charge in [-0.05, 0) is 36.7 Å². The van der Waals surface area contributed by atoms with Crippen LogP contribution in [0.2, 0.25) is 0 Å². The molecule has 4 nitrogen and oxygen atoms in total. The number of hydrogen-bond donors (Lipinski definition) is 3. The van der Waals surface area contributed by atoms with Gasteiger partial charge in [0.25, 0.3) is 0 Å². The molecule has 4 heteroatoms. The molecule has 0 saturated heterocycles. The third-order valence-corrected chi connectivity index (χ3v) is 4.56. The quantitative estimate of drug-likeness (QED) is 0.751. The third kappa shape index (κ3) is 3.26. The second kappa shape index (κ2) is 5.67. The molecule has 118 valence electrons. The molecule has 0 aliphatic heterocycles. The molecule has 2 amide bonds. The van der Waals surface area contributed by atoms with E-state index >= 15 is 0 Å². The topological polar surface area (TPSA) is 56.9 Å². The molecule has 22 heavy (non-hydrogen) atoms. The van der Waals surface area contributed by atoms with Crippen molar-refractivity contribution in [1.82, 2.24) is 10.3 Å². The third-order valence-electron chi connectivity index (χ3n) is 4.56. The van der Waals surface area contributed by atoms with Crippen molar-refractivity contribution < 1.29 is 4.79 Å². The molecule has 3 rings (SSSR count). The van der Waals surface area contributed by atoms with E-state index in [1.54, 1.807) is 0 Å². The summed E-state index contributed by atoms with van der Waals surface area (Å²) in [6.45, 7) is 6.84. The van der Waals surface area contributed by atoms with Crippen LogP contribution in [-0.4, -0.2) is 17.1 Å². The highest BCUT2D eigenvalue weighted by atomic mass is 16.2. The van der Waals surface area contributed by atoms with E-state index in [0.29, 0.717) is 11.3 Å². The number of aromatic amines is 1. The van der Waals surface area contributed by atoms with E-state index < -0.39 is 0 Å². The maximum absolute atomic E-state index is 12.3. The zero-order chi connectivity index (χ0) is 15.7. The number of nitrogens with one attached hydrogen (secondary N) is 3. The van der Waals surface area contributed by atoms with E-state index in [9.17, 15) is 4.79 Å². The van der Waals surface area contributed by atoms with Crippen molar-refractivity contribution in [2.24, 2.45) is 11.3 Å². The SMILES string of the molecule is C[C@@H]1C[C@@H](NC(=O)Nc2c[nH]c3ccccc23)CC(C)(C)C1. The Morgan fingerprint density at radius 1 is 1.27 bits per heavy atom. The molecule has 0 bridgehead atoms. The predicted octanol–water partition coefficient (Wildman–Crippen LogP) is 4.50. The van der Waals surface area contributed by atoms with Crippen LogP contribution < -0.4 is 10.6 Å². The molecule has 1 saturated carbocycles. The number of H-pyrrole nitrogens is 1. The summed E-state index contributed by atoms with van der Waals surface area (Å²) in [5, 5.41) is 7.15. The lowest BCUT2D eigenvalue weighted by atomic mass is 9.71. The van der Waals surface area contributed by atoms with Gasteiger partial charge in [-0.15, -0.1) is 0 Å². The minimum absolute atomic E-state index is 0.111. The summed E-state index contributed by atoms with van der Waals surface area (Å²) < 4.78 is 0. The largest absolute Gasteiger partial charge is 0.359 e. The van der Waals surface area contributed by atoms with E-state index in [1.807, 2.05) is 30.5 Å². The smallest absolute Gasteiger partial charge is 0.319 e. The highest BCUT2D eigenvalue weighted by molar-refractivity contribution is 6.01. The molecule has 0 spiro atoms. The second-order valence-corrected chi connectivity index (χ2v) is 7.46. The van der Waals surface area contributed by atoms with E-state index in [4.69, 9.17) is 0 Å². The van der Waals surface area contributed by atoms with Crippen LogP contribution in [0.3, 0.4) is 0 Å². The minimum atomic E-state index is -0.111. The normalized spacial score (nSPS) is 24.1. The van der Waals surface area contributed by atoms with Gasteiger partial charge in [0.05, 0.1) is 5.69 Å². The zero-order valence-corrected chi connectivity index (χ0v) is 13.6. The summed E-state index contributed by atoms with van der Waals surface area (Å²) in [6.07, 6.45) is 5.18. The number of urea groups is 1. The van der Waals surface area contributed by atoms with Gasteiger partial charge < -0.3 is 15.6 Å². The van der Waals surface area contributed by atoms with E-state index in [2.05, 4.69) is 36.4 Å². The number of amides is 2. The predicted molar refractivity (Wildman–Crippen MR) is 91.0 cm³/mol. The number of hydrogen-bond acceptors (Lipinski definition) is 1. The molecule has 1 fully saturated rings. The lowest BCUT2D eigenvalue weighted by Crippen LogP contribution is -2.44. The van der Waals surface area contributed by atoms with Crippen LogP contribution in [0.1, 0.15) is 40.0 Å². The Bertz CT molecular complexity index is 674. The van der Waals surface area contributed by atoms with Crippen LogP contribution in [-0.2, 0) is 0 Å². The lowest BCUT2D eigenvalue weighted by Gasteiger charge is -2.39. The summed E-state index contributed by atoms with van der Waals surface area (Å²) in [4.78, 5) is 15.5. The van der Waals surface area contributed by atoms with E-state index in [-0.39, 0.29) is 12.1 Å². The fraction of sp³-hybridized carbons (Fsp3) is 0.500. The first-order chi connectivity index (χ1) is 10.4. The number of aromatic nitrogens is 1. The Kier molecular flexibility index (Phi) is 3.85. The maximum Gasteiger partial charge on any atom is 0.319 e. The summed E-state index contributed by atoms with van der Waals surface area (Å²) in [5.41, 5.74) is 2.16. The van der Waals surface area contributed by atoms with Crippen molar-refractivity contribution in [2.75, 3.05) is 5.32 Å². The molecule has 2 aromatic rings. The highest BCUT2D eigenvalue weighted by Gasteiger charge is 2.32. The number of carbonyl (C=O) groups excluding carboxylic acids is 1. The van der Waals surface area contributed by atoms with Gasteiger partial charge in [-0.25, -0.2) is 4.79 Å². The Balaban J connectivity index is 1.65. The average molecular weight is 299 g/mol. The Labute approximate surface area is 131 Å². The van der Waals surface area contributed by atoms with Gasteiger partial charge in [-0.2, -0.15) is 0 Å². The van der Waals surface area contributed by atoms with Crippen molar-refractivity contribution >= 4 is 22.6 Å². The first-order valence-corrected chi connectivity index (χ1v) is 8.06. The van der Waals surface area contributed by atoms with Gasteiger partial charge in [0.1, 0.15) is 0 Å². The number of fused-ring (bicyclic) bond motifs is 1. The molecule has 1 aliphatic rings. The number of benzene rings is 1. The van der Waals surface area contributed by atoms with Gasteiger partial charge in [0.2, 0.25) is 0 Å². The van der Waals surface area contributed by atoms with Gasteiger partial charge in [-0.3, -0.25) is 0 Å². The molecule has 1 aliphatic carbocycles. The second-order valence-electron chi connectivity index (χ2n) is 7.46. The zero-order valence-electron chi connectivity index (χ0n) is 13.6. The van der Waals surface area contributed by atoms with Gasteiger partial charge in [0, 0.05) is 23.1 Å². The number of para-hydroxylation sites is 1. The van der Waals surface area contributed by atoms with Crippen molar-refractivity contribution in [2.45, 2.75) is 46.1 Å². The summed E-state index contributed by atoms with van der Waals surface area (Å²) in [6, 6.07) is 8.11. The van der Waals surface area contributed by atoms with Crippen molar-refractivity contribution in [3.63, 3.8) is 0 Å². The molecule has 1 aromatic carbocycles. The molecule has 0 radical (unpaired) electrons. The Hall–Kier alpha value is -1.97. The van der Waals surface area contributed by atoms with Crippen LogP contribution >= 0.6 is 0 Å². The van der Waals surface area contributed by atoms with Crippen LogP contribution in [0, 0.1) is 11.3 Å². The minimum Gasteiger partial charge on any atom is -0.359 e. The van der Waals surface area contributed by atoms with Crippen molar-refractivity contribution in [3.8, 4) is 0 Å². The van der Waals surface area contributed by atoms with Gasteiger partial charge in [-0.1, -0.05) is 39.0 Å². The Morgan fingerprint density at radius 2 is 2.05 bits per heavy atom. The van der Waals surface area contributed by atoms with Crippen LogP contribution in [0.15, 0.2) is 30.5 Å². The average Bonchev–Trinajstić information content (AvgIpc) is 2.79. The van der Waals surface area contributed by atoms with E-state index in [0.717, 1.165) is 29.4 Å².